The third kappa shape index (κ3) is 3.81. The van der Waals surface area contributed by atoms with Crippen LogP contribution in [0, 0.1) is 6.92 Å². The van der Waals surface area contributed by atoms with Gasteiger partial charge in [0.2, 0.25) is 0 Å². The Morgan fingerprint density at radius 3 is 2.85 bits per heavy atom. The minimum absolute atomic E-state index is 0.117. The van der Waals surface area contributed by atoms with Crippen LogP contribution >= 0.6 is 22.9 Å². The maximum absolute atomic E-state index is 6.42. The summed E-state index contributed by atoms with van der Waals surface area (Å²) in [5, 5.41) is 7.41. The molecule has 4 aromatic rings. The molecule has 6 heteroatoms. The molecule has 0 fully saturated rings. The van der Waals surface area contributed by atoms with E-state index in [1.165, 1.54) is 10.1 Å². The number of hydrogen-bond acceptors (Lipinski definition) is 5. The number of aromatic nitrogens is 2. The fourth-order valence-electron chi connectivity index (χ4n) is 2.97. The smallest absolute Gasteiger partial charge is 0.130 e. The van der Waals surface area contributed by atoms with E-state index in [0.29, 0.717) is 6.54 Å². The lowest BCUT2D eigenvalue weighted by atomic mass is 10.1. The topological polar surface area (TPSA) is 63.8 Å². The van der Waals surface area contributed by atoms with Gasteiger partial charge in [-0.25, -0.2) is 9.97 Å². The lowest BCUT2D eigenvalue weighted by Crippen LogP contribution is -2.20. The van der Waals surface area contributed by atoms with Crippen LogP contribution in [0.4, 0.5) is 5.82 Å². The molecule has 1 atom stereocenters. The third-order valence-electron chi connectivity index (χ3n) is 4.55. The molecule has 2 heterocycles. The largest absolute Gasteiger partial charge is 0.368 e. The van der Waals surface area contributed by atoms with Gasteiger partial charge in [0.15, 0.2) is 0 Å². The minimum Gasteiger partial charge on any atom is -0.368 e. The summed E-state index contributed by atoms with van der Waals surface area (Å²) in [6, 6.07) is 16.0. The van der Waals surface area contributed by atoms with Crippen molar-refractivity contribution < 1.29 is 0 Å². The van der Waals surface area contributed by atoms with Gasteiger partial charge in [-0.15, -0.1) is 11.3 Å². The third-order valence-corrected chi connectivity index (χ3v) is 5.94. The average molecular weight is 395 g/mol. The van der Waals surface area contributed by atoms with Gasteiger partial charge in [-0.3, -0.25) is 0 Å². The van der Waals surface area contributed by atoms with E-state index in [2.05, 4.69) is 32.8 Å². The molecule has 0 amide bonds. The lowest BCUT2D eigenvalue weighted by Gasteiger charge is -2.13. The van der Waals surface area contributed by atoms with E-state index < -0.39 is 0 Å². The summed E-state index contributed by atoms with van der Waals surface area (Å²) in [7, 11) is 0. The Hall–Kier alpha value is -2.47. The highest BCUT2D eigenvalue weighted by Crippen LogP contribution is 2.29. The Morgan fingerprint density at radius 1 is 1.15 bits per heavy atom. The number of benzene rings is 2. The van der Waals surface area contributed by atoms with E-state index in [0.717, 1.165) is 33.2 Å². The van der Waals surface area contributed by atoms with Crippen LogP contribution in [0.2, 0.25) is 5.02 Å². The number of hydrogen-bond donors (Lipinski definition) is 2. The van der Waals surface area contributed by atoms with Crippen molar-refractivity contribution in [3.8, 4) is 11.3 Å². The molecule has 0 bridgehead atoms. The Kier molecular flexibility index (Phi) is 5.07. The van der Waals surface area contributed by atoms with E-state index in [1.807, 2.05) is 43.3 Å². The molecule has 0 radical (unpaired) electrons. The number of nitrogens with zero attached hydrogens (tertiary/aromatic N) is 2. The molecule has 4 nitrogen and oxygen atoms in total. The van der Waals surface area contributed by atoms with Crippen molar-refractivity contribution in [3.63, 3.8) is 0 Å². The van der Waals surface area contributed by atoms with Crippen molar-refractivity contribution in [3.05, 3.63) is 76.4 Å². The first-order valence-electron chi connectivity index (χ1n) is 8.66. The second-order valence-electron chi connectivity index (χ2n) is 6.43. The van der Waals surface area contributed by atoms with Crippen molar-refractivity contribution >= 4 is 38.8 Å². The molecule has 136 valence electrons. The highest BCUT2D eigenvalue weighted by Gasteiger charge is 2.12. The Labute approximate surface area is 167 Å². The molecule has 0 saturated heterocycles. The van der Waals surface area contributed by atoms with Crippen molar-refractivity contribution in [2.45, 2.75) is 13.0 Å². The molecule has 0 aliphatic carbocycles. The maximum atomic E-state index is 6.42. The molecular weight excluding hydrogens is 376 g/mol. The second kappa shape index (κ2) is 7.64. The van der Waals surface area contributed by atoms with Gasteiger partial charge in [-0.05, 0) is 40.9 Å². The normalized spacial score (nSPS) is 12.3. The number of halogens is 1. The molecule has 2 aromatic heterocycles. The zero-order valence-corrected chi connectivity index (χ0v) is 16.4. The van der Waals surface area contributed by atoms with Gasteiger partial charge in [-0.2, -0.15) is 0 Å². The van der Waals surface area contributed by atoms with E-state index in [-0.39, 0.29) is 6.04 Å². The summed E-state index contributed by atoms with van der Waals surface area (Å²) in [6.07, 6.45) is 1.55. The summed E-state index contributed by atoms with van der Waals surface area (Å²) in [5.41, 5.74) is 10.4. The highest BCUT2D eigenvalue weighted by atomic mass is 35.5. The summed E-state index contributed by atoms with van der Waals surface area (Å²) < 4.78 is 1.25. The van der Waals surface area contributed by atoms with E-state index >= 15 is 0 Å². The monoisotopic (exact) mass is 394 g/mol. The minimum atomic E-state index is -0.117. The van der Waals surface area contributed by atoms with Gasteiger partial charge in [0.25, 0.3) is 0 Å². The van der Waals surface area contributed by atoms with Crippen LogP contribution < -0.4 is 11.1 Å². The maximum Gasteiger partial charge on any atom is 0.130 e. The predicted octanol–water partition coefficient (Wildman–Crippen LogP) is 5.43. The number of thiophene rings is 1. The van der Waals surface area contributed by atoms with Gasteiger partial charge < -0.3 is 11.1 Å². The van der Waals surface area contributed by atoms with Gasteiger partial charge in [-0.1, -0.05) is 41.9 Å². The molecule has 4 rings (SSSR count). The molecule has 2 aromatic carbocycles. The Morgan fingerprint density at radius 2 is 2.00 bits per heavy atom. The number of nitrogens with one attached hydrogen (secondary N) is 1. The molecule has 0 aliphatic heterocycles. The molecule has 0 aliphatic rings. The zero-order valence-electron chi connectivity index (χ0n) is 14.8. The number of anilines is 1. The number of nitrogens with two attached hydrogens (primary N) is 1. The van der Waals surface area contributed by atoms with Crippen molar-refractivity contribution in [2.75, 3.05) is 11.9 Å². The van der Waals surface area contributed by atoms with Crippen LogP contribution in [0.25, 0.3) is 21.3 Å². The number of rotatable bonds is 5. The standard InChI is InChI=1S/C21H19ClN4S/c1-13-6-7-14(8-17(13)22)19-9-21(26-12-25-19)24-10-18(23)16-11-27-20-5-3-2-4-15(16)20/h2-9,11-12,18H,10,23H2,1H3,(H,24,25,26)/t18-/m0/s1. The molecule has 0 spiro atoms. The first-order chi connectivity index (χ1) is 13.1. The summed E-state index contributed by atoms with van der Waals surface area (Å²) in [4.78, 5) is 8.67. The van der Waals surface area contributed by atoms with Crippen LogP contribution in [-0.4, -0.2) is 16.5 Å². The molecular formula is C21H19ClN4S. The Bertz CT molecular complexity index is 1090. The van der Waals surface area contributed by atoms with Crippen LogP contribution in [0.15, 0.2) is 60.2 Å². The van der Waals surface area contributed by atoms with Gasteiger partial charge >= 0.3 is 0 Å². The fraction of sp³-hybridized carbons (Fsp3) is 0.143. The molecule has 0 unspecified atom stereocenters. The summed E-state index contributed by atoms with van der Waals surface area (Å²) in [5.74, 6) is 0.742. The van der Waals surface area contributed by atoms with Crippen molar-refractivity contribution in [1.82, 2.24) is 9.97 Å². The van der Waals surface area contributed by atoms with Gasteiger partial charge in [0, 0.05) is 33.9 Å². The van der Waals surface area contributed by atoms with E-state index in [9.17, 15) is 0 Å². The number of fused-ring (bicyclic) bond motifs is 1. The summed E-state index contributed by atoms with van der Waals surface area (Å²) >= 11 is 7.96. The highest BCUT2D eigenvalue weighted by molar-refractivity contribution is 7.17. The zero-order chi connectivity index (χ0) is 18.8. The SMILES string of the molecule is Cc1ccc(-c2cc(NC[C@H](N)c3csc4ccccc34)ncn2)cc1Cl. The van der Waals surface area contributed by atoms with Crippen LogP contribution in [-0.2, 0) is 0 Å². The van der Waals surface area contributed by atoms with E-state index in [4.69, 9.17) is 17.3 Å². The van der Waals surface area contributed by atoms with Crippen molar-refractivity contribution in [1.29, 1.82) is 0 Å². The van der Waals surface area contributed by atoms with Gasteiger partial charge in [0.05, 0.1) is 5.69 Å². The quantitative estimate of drug-likeness (QED) is 0.473. The van der Waals surface area contributed by atoms with Crippen molar-refractivity contribution in [2.24, 2.45) is 5.73 Å². The first-order valence-corrected chi connectivity index (χ1v) is 9.92. The predicted molar refractivity (Wildman–Crippen MR) is 114 cm³/mol. The van der Waals surface area contributed by atoms with Crippen LogP contribution in [0.3, 0.4) is 0 Å². The second-order valence-corrected chi connectivity index (χ2v) is 7.75. The number of aryl methyl sites for hydroxylation is 1. The van der Waals surface area contributed by atoms with Crippen LogP contribution in [0.5, 0.6) is 0 Å². The lowest BCUT2D eigenvalue weighted by molar-refractivity contribution is 0.771. The molecule has 0 saturated carbocycles. The summed E-state index contributed by atoms with van der Waals surface area (Å²) in [6.45, 7) is 2.57. The average Bonchev–Trinajstić information content (AvgIpc) is 3.13. The first kappa shape index (κ1) is 17.9. The van der Waals surface area contributed by atoms with Gasteiger partial charge in [0.1, 0.15) is 12.1 Å². The molecule has 27 heavy (non-hydrogen) atoms. The van der Waals surface area contributed by atoms with Crippen LogP contribution in [0.1, 0.15) is 17.2 Å². The molecule has 3 N–H and O–H groups in total. The Balaban J connectivity index is 1.50. The van der Waals surface area contributed by atoms with E-state index in [1.54, 1.807) is 17.7 Å². The fourth-order valence-corrected chi connectivity index (χ4v) is 4.18.